The molecule has 4 rings (SSSR count). The van der Waals surface area contributed by atoms with Crippen molar-refractivity contribution in [2.24, 2.45) is 5.92 Å². The Morgan fingerprint density at radius 3 is 2.45 bits per heavy atom. The van der Waals surface area contributed by atoms with Crippen LogP contribution in [0.15, 0.2) is 42.5 Å². The molecule has 0 radical (unpaired) electrons. The highest BCUT2D eigenvalue weighted by molar-refractivity contribution is 7.92. The zero-order valence-electron chi connectivity index (χ0n) is 21.5. The number of sulfonamides is 1. The number of benzene rings is 2. The number of rotatable bonds is 6. The van der Waals surface area contributed by atoms with Crippen LogP contribution in [0.1, 0.15) is 24.8 Å². The highest BCUT2D eigenvalue weighted by atomic mass is 32.2. The van der Waals surface area contributed by atoms with Crippen LogP contribution in [-0.2, 0) is 26.0 Å². The number of fused-ring (bicyclic) bond motifs is 1. The lowest BCUT2D eigenvalue weighted by molar-refractivity contribution is -0.136. The summed E-state index contributed by atoms with van der Waals surface area (Å²) < 4.78 is 30.9. The molecule has 0 bridgehead atoms. The van der Waals surface area contributed by atoms with Gasteiger partial charge in [0.05, 0.1) is 24.7 Å². The SMILES string of the molecule is COc1ccccc1NC(=O)N1CCC(CNC(=O)C(=O)Nc2ccc3c(c2)N(S(C)(=O)=O)CCC3)CC1. The average molecular weight is 544 g/mol. The zero-order valence-corrected chi connectivity index (χ0v) is 22.3. The molecule has 4 amide bonds. The van der Waals surface area contributed by atoms with Gasteiger partial charge in [-0.05, 0) is 61.4 Å². The van der Waals surface area contributed by atoms with E-state index in [9.17, 15) is 22.8 Å². The number of carbonyl (C=O) groups is 3. The lowest BCUT2D eigenvalue weighted by Crippen LogP contribution is -2.44. The van der Waals surface area contributed by atoms with Crippen LogP contribution in [-0.4, -0.2) is 70.7 Å². The van der Waals surface area contributed by atoms with Crippen LogP contribution in [0.5, 0.6) is 5.75 Å². The summed E-state index contributed by atoms with van der Waals surface area (Å²) in [5.74, 6) is -0.867. The van der Waals surface area contributed by atoms with Crippen LogP contribution in [0.3, 0.4) is 0 Å². The molecule has 1 saturated heterocycles. The van der Waals surface area contributed by atoms with E-state index in [-0.39, 0.29) is 11.9 Å². The van der Waals surface area contributed by atoms with Gasteiger partial charge in [0.1, 0.15) is 5.75 Å². The highest BCUT2D eigenvalue weighted by Crippen LogP contribution is 2.31. The average Bonchev–Trinajstić information content (AvgIpc) is 2.91. The van der Waals surface area contributed by atoms with Gasteiger partial charge in [0, 0.05) is 31.9 Å². The number of amides is 4. The summed E-state index contributed by atoms with van der Waals surface area (Å²) in [7, 11) is -1.90. The Bertz CT molecular complexity index is 1310. The van der Waals surface area contributed by atoms with Gasteiger partial charge in [-0.3, -0.25) is 13.9 Å². The number of piperidine rings is 1. The second-order valence-electron chi connectivity index (χ2n) is 9.51. The monoisotopic (exact) mass is 543 g/mol. The number of nitrogens with zero attached hydrogens (tertiary/aromatic N) is 2. The number of ether oxygens (including phenoxy) is 1. The number of urea groups is 1. The van der Waals surface area contributed by atoms with Crippen molar-refractivity contribution >= 4 is 44.9 Å². The first-order valence-corrected chi connectivity index (χ1v) is 14.4. The molecule has 11 nitrogen and oxygen atoms in total. The van der Waals surface area contributed by atoms with E-state index in [2.05, 4.69) is 16.0 Å². The third-order valence-corrected chi connectivity index (χ3v) is 8.01. The maximum atomic E-state index is 12.6. The van der Waals surface area contributed by atoms with Crippen molar-refractivity contribution in [3.05, 3.63) is 48.0 Å². The Morgan fingerprint density at radius 1 is 1.00 bits per heavy atom. The van der Waals surface area contributed by atoms with Crippen LogP contribution in [0.25, 0.3) is 0 Å². The molecular formula is C26H33N5O6S. The standard InChI is InChI=1S/C26H33N5O6S/c1-37-23-8-4-3-7-21(23)29-26(34)30-14-11-18(12-15-30)17-27-24(32)25(33)28-20-10-9-19-6-5-13-31(22(19)16-20)38(2,35)36/h3-4,7-10,16,18H,5-6,11-15,17H2,1-2H3,(H,27,32)(H,28,33)(H,29,34). The molecule has 2 aliphatic heterocycles. The van der Waals surface area contributed by atoms with E-state index in [0.29, 0.717) is 61.8 Å². The summed E-state index contributed by atoms with van der Waals surface area (Å²) in [5.41, 5.74) is 2.36. The molecule has 0 saturated carbocycles. The van der Waals surface area contributed by atoms with Crippen molar-refractivity contribution in [1.82, 2.24) is 10.2 Å². The number of hydrogen-bond donors (Lipinski definition) is 3. The number of likely N-dealkylation sites (tertiary alicyclic amines) is 1. The van der Waals surface area contributed by atoms with E-state index in [1.165, 1.54) is 4.31 Å². The highest BCUT2D eigenvalue weighted by Gasteiger charge is 2.26. The lowest BCUT2D eigenvalue weighted by atomic mass is 9.97. The van der Waals surface area contributed by atoms with Crippen LogP contribution < -0.4 is 25.0 Å². The normalized spacial score (nSPS) is 15.8. The van der Waals surface area contributed by atoms with Crippen molar-refractivity contribution in [2.75, 3.05) is 54.5 Å². The molecule has 2 aromatic rings. The molecule has 0 spiro atoms. The molecule has 38 heavy (non-hydrogen) atoms. The topological polar surface area (TPSA) is 137 Å². The van der Waals surface area contributed by atoms with Crippen LogP contribution in [0.2, 0.25) is 0 Å². The molecule has 1 fully saturated rings. The number of aryl methyl sites for hydroxylation is 1. The number of hydrogen-bond acceptors (Lipinski definition) is 6. The molecule has 12 heteroatoms. The van der Waals surface area contributed by atoms with E-state index in [0.717, 1.165) is 24.7 Å². The first-order valence-electron chi connectivity index (χ1n) is 12.5. The van der Waals surface area contributed by atoms with Crippen molar-refractivity contribution in [2.45, 2.75) is 25.7 Å². The first kappa shape index (κ1) is 27.2. The van der Waals surface area contributed by atoms with Gasteiger partial charge < -0.3 is 25.6 Å². The molecule has 204 valence electrons. The Morgan fingerprint density at radius 2 is 1.74 bits per heavy atom. The van der Waals surface area contributed by atoms with Gasteiger partial charge in [-0.25, -0.2) is 13.2 Å². The van der Waals surface area contributed by atoms with Gasteiger partial charge in [-0.1, -0.05) is 18.2 Å². The fourth-order valence-electron chi connectivity index (χ4n) is 4.75. The Labute approximate surface area is 222 Å². The number of methoxy groups -OCH3 is 1. The number of carbonyl (C=O) groups excluding carboxylic acids is 3. The fourth-order valence-corrected chi connectivity index (χ4v) is 5.74. The van der Waals surface area contributed by atoms with Crippen molar-refractivity contribution in [1.29, 1.82) is 0 Å². The zero-order chi connectivity index (χ0) is 27.3. The lowest BCUT2D eigenvalue weighted by Gasteiger charge is -2.32. The Balaban J connectivity index is 1.24. The quantitative estimate of drug-likeness (QED) is 0.479. The molecule has 2 aliphatic rings. The fraction of sp³-hybridized carbons (Fsp3) is 0.423. The predicted molar refractivity (Wildman–Crippen MR) is 145 cm³/mol. The summed E-state index contributed by atoms with van der Waals surface area (Å²) >= 11 is 0. The van der Waals surface area contributed by atoms with Crippen LogP contribution in [0, 0.1) is 5.92 Å². The molecule has 0 unspecified atom stereocenters. The van der Waals surface area contributed by atoms with Gasteiger partial charge in [-0.2, -0.15) is 0 Å². The molecular weight excluding hydrogens is 510 g/mol. The van der Waals surface area contributed by atoms with Gasteiger partial charge in [0.2, 0.25) is 10.0 Å². The Kier molecular flexibility index (Phi) is 8.40. The molecule has 2 heterocycles. The van der Waals surface area contributed by atoms with E-state index in [4.69, 9.17) is 4.74 Å². The van der Waals surface area contributed by atoms with Crippen LogP contribution >= 0.6 is 0 Å². The van der Waals surface area contributed by atoms with Crippen molar-refractivity contribution < 1.29 is 27.5 Å². The second kappa shape index (κ2) is 11.7. The Hall–Kier alpha value is -3.80. The molecule has 0 aromatic heterocycles. The largest absolute Gasteiger partial charge is 0.495 e. The third kappa shape index (κ3) is 6.55. The molecule has 0 atom stereocenters. The molecule has 0 aliphatic carbocycles. The maximum absolute atomic E-state index is 12.6. The second-order valence-corrected chi connectivity index (χ2v) is 11.4. The predicted octanol–water partition coefficient (Wildman–Crippen LogP) is 2.41. The van der Waals surface area contributed by atoms with Crippen molar-refractivity contribution in [3.63, 3.8) is 0 Å². The van der Waals surface area contributed by atoms with E-state index in [1.807, 2.05) is 12.1 Å². The van der Waals surface area contributed by atoms with Gasteiger partial charge >= 0.3 is 17.8 Å². The molecule has 2 aromatic carbocycles. The summed E-state index contributed by atoms with van der Waals surface area (Å²) in [6, 6.07) is 12.0. The third-order valence-electron chi connectivity index (χ3n) is 6.83. The van der Waals surface area contributed by atoms with E-state index < -0.39 is 21.8 Å². The summed E-state index contributed by atoms with van der Waals surface area (Å²) in [6.07, 6.45) is 4.00. The maximum Gasteiger partial charge on any atom is 0.321 e. The minimum absolute atomic E-state index is 0.133. The van der Waals surface area contributed by atoms with Crippen molar-refractivity contribution in [3.8, 4) is 5.75 Å². The minimum atomic E-state index is -3.44. The van der Waals surface area contributed by atoms with E-state index >= 15 is 0 Å². The van der Waals surface area contributed by atoms with Gasteiger partial charge in [-0.15, -0.1) is 0 Å². The number of para-hydroxylation sites is 2. The number of nitrogens with one attached hydrogen (secondary N) is 3. The van der Waals surface area contributed by atoms with E-state index in [1.54, 1.807) is 42.3 Å². The summed E-state index contributed by atoms with van der Waals surface area (Å²) in [6.45, 7) is 1.75. The summed E-state index contributed by atoms with van der Waals surface area (Å²) in [5, 5.41) is 8.10. The molecule has 3 N–H and O–H groups in total. The van der Waals surface area contributed by atoms with Gasteiger partial charge in [0.25, 0.3) is 0 Å². The minimum Gasteiger partial charge on any atom is -0.495 e. The first-order chi connectivity index (χ1) is 18.2. The number of anilines is 3. The summed E-state index contributed by atoms with van der Waals surface area (Å²) in [4.78, 5) is 39.2. The smallest absolute Gasteiger partial charge is 0.321 e. The van der Waals surface area contributed by atoms with Gasteiger partial charge in [0.15, 0.2) is 0 Å². The van der Waals surface area contributed by atoms with Crippen LogP contribution in [0.4, 0.5) is 21.9 Å².